The van der Waals surface area contributed by atoms with Crippen LogP contribution in [0.2, 0.25) is 0 Å². The first-order valence-electron chi connectivity index (χ1n) is 13.6. The van der Waals surface area contributed by atoms with Crippen molar-refractivity contribution in [3.8, 4) is 11.3 Å². The minimum Gasteiger partial charge on any atom is -0.350 e. The van der Waals surface area contributed by atoms with Crippen molar-refractivity contribution in [2.75, 3.05) is 19.6 Å². The smallest absolute Gasteiger partial charge is 0.244 e. The Labute approximate surface area is 231 Å². The van der Waals surface area contributed by atoms with E-state index in [-0.39, 0.29) is 30.2 Å². The molecule has 0 atom stereocenters. The molecule has 1 saturated carbocycles. The van der Waals surface area contributed by atoms with Gasteiger partial charge in [0.1, 0.15) is 5.82 Å². The minimum atomic E-state index is -0.269. The number of hydrogen-bond donors (Lipinski definition) is 1. The summed E-state index contributed by atoms with van der Waals surface area (Å²) in [4.78, 5) is 19.5. The Kier molecular flexibility index (Phi) is 9.75. The van der Waals surface area contributed by atoms with E-state index in [9.17, 15) is 9.18 Å². The van der Waals surface area contributed by atoms with Crippen molar-refractivity contribution < 1.29 is 9.18 Å². The van der Waals surface area contributed by atoms with Gasteiger partial charge in [0, 0.05) is 44.0 Å². The highest BCUT2D eigenvalue weighted by molar-refractivity contribution is 5.91. The van der Waals surface area contributed by atoms with E-state index >= 15 is 0 Å². The molecular formula is C31H38ClFN4O. The van der Waals surface area contributed by atoms with Crippen molar-refractivity contribution in [3.63, 3.8) is 0 Å². The number of halogens is 2. The zero-order chi connectivity index (χ0) is 25.6. The molecule has 5 nitrogen and oxygen atoms in total. The van der Waals surface area contributed by atoms with Gasteiger partial charge >= 0.3 is 0 Å². The highest BCUT2D eigenvalue weighted by Gasteiger charge is 2.23. The maximum absolute atomic E-state index is 13.0. The van der Waals surface area contributed by atoms with Gasteiger partial charge in [-0.2, -0.15) is 0 Å². The SMILES string of the molecule is Cl.Cn1cnc(-c2ccc3c(c2)CCN(CCC2CCC(NC(=O)/C=C/c4ccc(F)cc4)CC2)CC3)c1. The van der Waals surface area contributed by atoms with Gasteiger partial charge in [-0.05, 0) is 98.4 Å². The number of rotatable bonds is 7. The molecule has 0 bridgehead atoms. The number of hydrogen-bond acceptors (Lipinski definition) is 3. The number of fused-ring (bicyclic) bond motifs is 1. The molecule has 1 aromatic heterocycles. The van der Waals surface area contributed by atoms with Crippen molar-refractivity contribution in [1.29, 1.82) is 0 Å². The van der Waals surface area contributed by atoms with Crippen LogP contribution >= 0.6 is 12.4 Å². The van der Waals surface area contributed by atoms with Gasteiger partial charge in [0.25, 0.3) is 0 Å². The largest absolute Gasteiger partial charge is 0.350 e. The minimum absolute atomic E-state index is 0. The normalized spacial score (nSPS) is 19.9. The second-order valence-corrected chi connectivity index (χ2v) is 10.6. The summed E-state index contributed by atoms with van der Waals surface area (Å²) in [5, 5.41) is 3.15. The summed E-state index contributed by atoms with van der Waals surface area (Å²) in [7, 11) is 2.01. The van der Waals surface area contributed by atoms with Crippen LogP contribution in [0.4, 0.5) is 4.39 Å². The van der Waals surface area contributed by atoms with Gasteiger partial charge < -0.3 is 14.8 Å². The average molecular weight is 537 g/mol. The molecule has 1 amide bonds. The summed E-state index contributed by atoms with van der Waals surface area (Å²) in [6.07, 6.45) is 15.1. The lowest BCUT2D eigenvalue weighted by atomic mass is 9.84. The van der Waals surface area contributed by atoms with Crippen LogP contribution < -0.4 is 5.32 Å². The molecule has 2 aromatic carbocycles. The Morgan fingerprint density at radius 3 is 2.50 bits per heavy atom. The van der Waals surface area contributed by atoms with Crippen molar-refractivity contribution in [3.05, 3.63) is 83.6 Å². The van der Waals surface area contributed by atoms with Gasteiger partial charge in [0.2, 0.25) is 5.91 Å². The van der Waals surface area contributed by atoms with Crippen LogP contribution in [0.15, 0.2) is 61.1 Å². The first-order valence-corrected chi connectivity index (χ1v) is 13.6. The molecule has 7 heteroatoms. The molecule has 0 unspecified atom stereocenters. The van der Waals surface area contributed by atoms with Crippen LogP contribution in [-0.2, 0) is 24.7 Å². The quantitative estimate of drug-likeness (QED) is 0.387. The van der Waals surface area contributed by atoms with Gasteiger partial charge in [-0.3, -0.25) is 4.79 Å². The van der Waals surface area contributed by atoms with Gasteiger partial charge in [0.05, 0.1) is 12.0 Å². The van der Waals surface area contributed by atoms with Crippen LogP contribution in [-0.4, -0.2) is 46.0 Å². The molecule has 2 aliphatic rings. The summed E-state index contributed by atoms with van der Waals surface area (Å²) in [5.74, 6) is 0.405. The Balaban J connectivity index is 0.00000336. The Hall–Kier alpha value is -2.96. The maximum Gasteiger partial charge on any atom is 0.244 e. The fourth-order valence-electron chi connectivity index (χ4n) is 5.67. The predicted octanol–water partition coefficient (Wildman–Crippen LogP) is 5.83. The number of carbonyl (C=O) groups excluding carboxylic acids is 1. The van der Waals surface area contributed by atoms with E-state index < -0.39 is 0 Å². The van der Waals surface area contributed by atoms with Gasteiger partial charge in [-0.25, -0.2) is 9.37 Å². The monoisotopic (exact) mass is 536 g/mol. The molecule has 1 aliphatic carbocycles. The third-order valence-electron chi connectivity index (χ3n) is 7.95. The fourth-order valence-corrected chi connectivity index (χ4v) is 5.67. The van der Waals surface area contributed by atoms with Crippen LogP contribution in [0.1, 0.15) is 48.8 Å². The molecule has 0 saturated heterocycles. The number of benzene rings is 2. The maximum atomic E-state index is 13.0. The third-order valence-corrected chi connectivity index (χ3v) is 7.95. The number of imidazole rings is 1. The predicted molar refractivity (Wildman–Crippen MR) is 154 cm³/mol. The standard InChI is InChI=1S/C31H37FN4O.ClH/c1-35-21-30(33-22-35)27-8-7-25-15-18-36(19-16-26(25)20-27)17-14-24-4-11-29(12-5-24)34-31(37)13-6-23-2-9-28(32)10-3-23;/h2-3,6-10,13,20-22,24,29H,4-5,11-12,14-19H2,1H3,(H,34,37);1H/b13-6+;. The van der Waals surface area contributed by atoms with Crippen molar-refractivity contribution >= 4 is 24.4 Å². The molecule has 0 radical (unpaired) electrons. The summed E-state index contributed by atoms with van der Waals surface area (Å²) in [5.41, 5.74) is 6.03. The second-order valence-electron chi connectivity index (χ2n) is 10.6. The van der Waals surface area contributed by atoms with Gasteiger partial charge in [0.15, 0.2) is 0 Å². The highest BCUT2D eigenvalue weighted by atomic mass is 35.5. The van der Waals surface area contributed by atoms with E-state index in [1.165, 1.54) is 48.1 Å². The molecule has 3 aromatic rings. The molecule has 1 fully saturated rings. The van der Waals surface area contributed by atoms with Crippen LogP contribution in [0.25, 0.3) is 17.3 Å². The number of nitrogens with zero attached hydrogens (tertiary/aromatic N) is 3. The summed E-state index contributed by atoms with van der Waals surface area (Å²) in [6.45, 7) is 3.40. The molecule has 5 rings (SSSR count). The van der Waals surface area contributed by atoms with Crippen LogP contribution in [0.5, 0.6) is 0 Å². The van der Waals surface area contributed by atoms with Crippen LogP contribution in [0.3, 0.4) is 0 Å². The third kappa shape index (κ3) is 7.55. The summed E-state index contributed by atoms with van der Waals surface area (Å²) < 4.78 is 15.0. The van der Waals surface area contributed by atoms with Crippen molar-refractivity contribution in [2.24, 2.45) is 13.0 Å². The first kappa shape index (κ1) is 28.1. The highest BCUT2D eigenvalue weighted by Crippen LogP contribution is 2.28. The van der Waals surface area contributed by atoms with E-state index in [1.807, 2.05) is 17.9 Å². The zero-order valence-corrected chi connectivity index (χ0v) is 22.9. The first-order chi connectivity index (χ1) is 18.0. The topological polar surface area (TPSA) is 50.2 Å². The number of aryl methyl sites for hydroxylation is 1. The molecule has 38 heavy (non-hydrogen) atoms. The van der Waals surface area contributed by atoms with Crippen molar-refractivity contribution in [1.82, 2.24) is 19.8 Å². The lowest BCUT2D eigenvalue weighted by Gasteiger charge is -2.30. The number of aromatic nitrogens is 2. The zero-order valence-electron chi connectivity index (χ0n) is 22.1. The van der Waals surface area contributed by atoms with E-state index in [0.717, 1.165) is 62.5 Å². The Bertz CT molecular complexity index is 1230. The average Bonchev–Trinajstić information content (AvgIpc) is 3.24. The fraction of sp³-hybridized carbons (Fsp3) is 0.419. The van der Waals surface area contributed by atoms with E-state index in [2.05, 4.69) is 39.6 Å². The van der Waals surface area contributed by atoms with Crippen molar-refractivity contribution in [2.45, 2.75) is 51.0 Å². The number of carbonyl (C=O) groups is 1. The molecule has 1 N–H and O–H groups in total. The molecule has 2 heterocycles. The van der Waals surface area contributed by atoms with E-state index in [4.69, 9.17) is 0 Å². The molecular weight excluding hydrogens is 499 g/mol. The lowest BCUT2D eigenvalue weighted by molar-refractivity contribution is -0.117. The van der Waals surface area contributed by atoms with Gasteiger partial charge in [-0.15, -0.1) is 12.4 Å². The number of nitrogens with one attached hydrogen (secondary N) is 1. The molecule has 1 aliphatic heterocycles. The van der Waals surface area contributed by atoms with E-state index in [0.29, 0.717) is 0 Å². The Morgan fingerprint density at radius 1 is 1.05 bits per heavy atom. The Morgan fingerprint density at radius 2 is 1.79 bits per heavy atom. The number of amides is 1. The molecule has 202 valence electrons. The summed E-state index contributed by atoms with van der Waals surface area (Å²) >= 11 is 0. The van der Waals surface area contributed by atoms with Crippen LogP contribution in [0, 0.1) is 11.7 Å². The molecule has 0 spiro atoms. The van der Waals surface area contributed by atoms with Gasteiger partial charge in [-0.1, -0.05) is 24.3 Å². The second kappa shape index (κ2) is 13.2. The van der Waals surface area contributed by atoms with E-state index in [1.54, 1.807) is 24.3 Å². The lowest BCUT2D eigenvalue weighted by Crippen LogP contribution is -2.37. The summed E-state index contributed by atoms with van der Waals surface area (Å²) in [6, 6.07) is 13.3.